The van der Waals surface area contributed by atoms with Crippen LogP contribution in [0.1, 0.15) is 0 Å². The van der Waals surface area contributed by atoms with E-state index in [4.69, 9.17) is 9.97 Å². The number of fused-ring (bicyclic) bond motifs is 9. The first-order chi connectivity index (χ1) is 25.3. The van der Waals surface area contributed by atoms with Crippen molar-refractivity contribution in [1.82, 2.24) is 19.1 Å². The van der Waals surface area contributed by atoms with Crippen molar-refractivity contribution in [3.63, 3.8) is 0 Å². The molecule has 0 bridgehead atoms. The predicted molar refractivity (Wildman–Crippen MR) is 214 cm³/mol. The summed E-state index contributed by atoms with van der Waals surface area (Å²) in [5.74, 6) is 0. The molecule has 11 aromatic rings. The fraction of sp³-hybridized carbons (Fsp3) is 0. The fourth-order valence-electron chi connectivity index (χ4n) is 7.88. The van der Waals surface area contributed by atoms with E-state index in [0.29, 0.717) is 0 Å². The molecule has 11 rings (SSSR count). The zero-order chi connectivity index (χ0) is 33.5. The van der Waals surface area contributed by atoms with Gasteiger partial charge >= 0.3 is 288 Å². The van der Waals surface area contributed by atoms with E-state index in [1.54, 1.807) is 0 Å². The summed E-state index contributed by atoms with van der Waals surface area (Å²) in [6.45, 7) is 0. The molecule has 238 valence electrons. The zero-order valence-corrected chi connectivity index (χ0v) is 29.1. The molecule has 0 unspecified atom stereocenters. The zero-order valence-electron chi connectivity index (χ0n) is 27.4. The Bertz CT molecular complexity index is 2920. The summed E-state index contributed by atoms with van der Waals surface area (Å²) >= 11 is 0.168. The Hall–Kier alpha value is -6.26. The van der Waals surface area contributed by atoms with Crippen molar-refractivity contribution >= 4 is 77.4 Å². The van der Waals surface area contributed by atoms with E-state index in [1.165, 1.54) is 62.9 Å². The van der Waals surface area contributed by atoms with Crippen LogP contribution in [0.15, 0.2) is 170 Å². The van der Waals surface area contributed by atoms with Crippen molar-refractivity contribution in [1.29, 1.82) is 0 Å². The van der Waals surface area contributed by atoms with Gasteiger partial charge in [0.15, 0.2) is 0 Å². The first-order valence-electron chi connectivity index (χ1n) is 17.1. The Labute approximate surface area is 299 Å². The molecule has 6 aromatic carbocycles. The average molecular weight is 716 g/mol. The normalized spacial score (nSPS) is 11.9. The van der Waals surface area contributed by atoms with E-state index >= 15 is 0 Å². The van der Waals surface area contributed by atoms with Gasteiger partial charge in [0.25, 0.3) is 0 Å². The van der Waals surface area contributed by atoms with E-state index < -0.39 is 0 Å². The molecule has 0 radical (unpaired) electrons. The molecule has 0 saturated heterocycles. The summed E-state index contributed by atoms with van der Waals surface area (Å²) < 4.78 is 7.33. The van der Waals surface area contributed by atoms with Gasteiger partial charge in [-0.2, -0.15) is 0 Å². The van der Waals surface area contributed by atoms with Crippen LogP contribution < -0.4 is 0 Å². The van der Waals surface area contributed by atoms with Gasteiger partial charge in [-0.05, 0) is 0 Å². The van der Waals surface area contributed by atoms with Crippen molar-refractivity contribution in [2.24, 2.45) is 0 Å². The number of hydrogen-bond acceptors (Lipinski definition) is 2. The van der Waals surface area contributed by atoms with E-state index in [0.717, 1.165) is 33.9 Å². The molecular weight excluding hydrogens is 687 g/mol. The van der Waals surface area contributed by atoms with E-state index in [2.05, 4.69) is 179 Å². The van der Waals surface area contributed by atoms with Crippen LogP contribution in [0.3, 0.4) is 0 Å². The average Bonchev–Trinajstić information content (AvgIpc) is 3.85. The summed E-state index contributed by atoms with van der Waals surface area (Å²) in [4.78, 5) is 10.0. The summed E-state index contributed by atoms with van der Waals surface area (Å²) in [5, 5.41) is 7.49. The van der Waals surface area contributed by atoms with Gasteiger partial charge in [0.1, 0.15) is 0 Å². The molecule has 0 aliphatic rings. The summed E-state index contributed by atoms with van der Waals surface area (Å²) in [6, 6.07) is 56.7. The van der Waals surface area contributed by atoms with Crippen LogP contribution in [0.4, 0.5) is 0 Å². The minimum absolute atomic E-state index is 0.168. The molecule has 0 aliphatic heterocycles. The van der Waals surface area contributed by atoms with Crippen molar-refractivity contribution in [2.45, 2.75) is 0 Å². The Morgan fingerprint density at radius 3 is 1.24 bits per heavy atom. The van der Waals surface area contributed by atoms with Gasteiger partial charge in [-0.3, -0.25) is 0 Å². The topological polar surface area (TPSA) is 35.6 Å². The molecule has 0 spiro atoms. The third-order valence-corrected chi connectivity index (χ3v) is 12.5. The number of pyridine rings is 2. The van der Waals surface area contributed by atoms with Crippen LogP contribution in [0.25, 0.3) is 96.8 Å². The molecule has 5 heteroatoms. The van der Waals surface area contributed by atoms with Crippen LogP contribution in [0.2, 0.25) is 0 Å². The molecule has 0 N–H and O–H groups in total. The standard InChI is InChI=1S/C46H28N4Se/c1-3-11-31(12-4-1)49-41-17-9-7-15-33(41)35-23-29(19-21-43(35)49)39-25-37-38-26-40(48-28-46(38)51-45(37)27-47-39)30-20-22-44-36(24-30)34-16-8-10-18-42(34)50(44)32-13-5-2-6-14-32/h1-28H. The Morgan fingerprint density at radius 2 is 0.765 bits per heavy atom. The quantitative estimate of drug-likeness (QED) is 0.170. The number of para-hydroxylation sites is 4. The third-order valence-electron chi connectivity index (χ3n) is 10.2. The first-order valence-corrected chi connectivity index (χ1v) is 18.9. The molecule has 4 nitrogen and oxygen atoms in total. The summed E-state index contributed by atoms with van der Waals surface area (Å²) in [6.07, 6.45) is 4.18. The molecule has 0 atom stereocenters. The number of benzene rings is 6. The second-order valence-electron chi connectivity index (χ2n) is 13.1. The maximum absolute atomic E-state index is 5.01. The van der Waals surface area contributed by atoms with Crippen LogP contribution >= 0.6 is 0 Å². The molecule has 0 aliphatic carbocycles. The minimum atomic E-state index is 0.168. The van der Waals surface area contributed by atoms with E-state index in [9.17, 15) is 0 Å². The van der Waals surface area contributed by atoms with Crippen molar-refractivity contribution in [3.05, 3.63) is 170 Å². The first kappa shape index (κ1) is 28.6. The third kappa shape index (κ3) is 4.39. The molecular formula is C46H28N4Se. The Balaban J connectivity index is 1.04. The van der Waals surface area contributed by atoms with Crippen LogP contribution in [0, 0.1) is 0 Å². The Kier molecular flexibility index (Phi) is 6.23. The second-order valence-corrected chi connectivity index (χ2v) is 15.3. The van der Waals surface area contributed by atoms with Gasteiger partial charge < -0.3 is 0 Å². The number of rotatable bonds is 4. The fourth-order valence-corrected chi connectivity index (χ4v) is 9.99. The van der Waals surface area contributed by atoms with Gasteiger partial charge in [-0.1, -0.05) is 12.1 Å². The van der Waals surface area contributed by atoms with Crippen LogP contribution in [-0.4, -0.2) is 33.6 Å². The summed E-state index contributed by atoms with van der Waals surface area (Å²) in [5.41, 5.74) is 11.4. The SMILES string of the molecule is c1ccc(-n2c3ccccc3c3cc(-c4cc5c(cn4)[se]c4cnc(-c6ccc7c(c6)c6ccccc6n7-c6ccccc6)cc45)ccc32)cc1. The van der Waals surface area contributed by atoms with Crippen molar-refractivity contribution < 1.29 is 0 Å². The maximum atomic E-state index is 5.01. The molecule has 0 amide bonds. The molecule has 5 heterocycles. The number of aromatic nitrogens is 4. The van der Waals surface area contributed by atoms with Gasteiger partial charge in [0, 0.05) is 0 Å². The molecule has 5 aromatic heterocycles. The molecule has 0 saturated carbocycles. The van der Waals surface area contributed by atoms with Crippen LogP contribution in [-0.2, 0) is 0 Å². The van der Waals surface area contributed by atoms with Gasteiger partial charge in [0.05, 0.1) is 0 Å². The van der Waals surface area contributed by atoms with Gasteiger partial charge in [-0.25, -0.2) is 0 Å². The molecule has 51 heavy (non-hydrogen) atoms. The summed E-state index contributed by atoms with van der Waals surface area (Å²) in [7, 11) is 0. The monoisotopic (exact) mass is 716 g/mol. The second kappa shape index (κ2) is 11.1. The van der Waals surface area contributed by atoms with E-state index in [-0.39, 0.29) is 14.5 Å². The number of hydrogen-bond donors (Lipinski definition) is 0. The van der Waals surface area contributed by atoms with Gasteiger partial charge in [0.2, 0.25) is 0 Å². The number of nitrogens with zero attached hydrogens (tertiary/aromatic N) is 4. The van der Waals surface area contributed by atoms with Crippen LogP contribution in [0.5, 0.6) is 0 Å². The van der Waals surface area contributed by atoms with Crippen molar-refractivity contribution in [2.75, 3.05) is 0 Å². The Morgan fingerprint density at radius 1 is 0.353 bits per heavy atom. The van der Waals surface area contributed by atoms with Crippen molar-refractivity contribution in [3.8, 4) is 33.9 Å². The van der Waals surface area contributed by atoms with E-state index in [1.807, 2.05) is 0 Å². The predicted octanol–water partition coefficient (Wildman–Crippen LogP) is 11.4. The molecule has 0 fully saturated rings. The van der Waals surface area contributed by atoms with Gasteiger partial charge in [-0.15, -0.1) is 0 Å².